The minimum Gasteiger partial charge on any atom is -0.460 e. The third-order valence-electron chi connectivity index (χ3n) is 7.36. The molecular formula is C34H44N4O9. The number of amides is 4. The second-order valence-electron chi connectivity index (χ2n) is 12.7. The minimum atomic E-state index is -1.19. The number of rotatable bonds is 14. The number of benzene rings is 2. The van der Waals surface area contributed by atoms with Crippen LogP contribution in [-0.4, -0.2) is 72.7 Å². The first-order valence-corrected chi connectivity index (χ1v) is 15.5. The van der Waals surface area contributed by atoms with E-state index in [4.69, 9.17) is 19.9 Å². The number of ether oxygens (including phenoxy) is 3. The fourth-order valence-electron chi connectivity index (χ4n) is 5.10. The van der Waals surface area contributed by atoms with Crippen molar-refractivity contribution in [3.05, 3.63) is 59.7 Å². The molecule has 13 heteroatoms. The largest absolute Gasteiger partial charge is 0.460 e. The number of carbonyl (C=O) groups excluding carboxylic acids is 6. The molecule has 13 nitrogen and oxygen atoms in total. The van der Waals surface area contributed by atoms with Gasteiger partial charge < -0.3 is 35.9 Å². The van der Waals surface area contributed by atoms with Gasteiger partial charge in [-0.25, -0.2) is 9.59 Å². The first-order valence-electron chi connectivity index (χ1n) is 15.5. The van der Waals surface area contributed by atoms with Crippen LogP contribution in [0.2, 0.25) is 0 Å². The van der Waals surface area contributed by atoms with Gasteiger partial charge in [-0.05, 0) is 62.3 Å². The zero-order valence-electron chi connectivity index (χ0n) is 27.6. The van der Waals surface area contributed by atoms with E-state index in [-0.39, 0.29) is 31.3 Å². The molecule has 1 aliphatic rings. The molecule has 254 valence electrons. The van der Waals surface area contributed by atoms with Gasteiger partial charge in [0.15, 0.2) is 6.61 Å². The number of hydrogen-bond acceptors (Lipinski definition) is 9. The Morgan fingerprint density at radius 1 is 0.830 bits per heavy atom. The van der Waals surface area contributed by atoms with Crippen molar-refractivity contribution in [2.24, 2.45) is 11.7 Å². The Morgan fingerprint density at radius 2 is 1.40 bits per heavy atom. The van der Waals surface area contributed by atoms with Gasteiger partial charge in [0.05, 0.1) is 0 Å². The molecular weight excluding hydrogens is 608 g/mol. The van der Waals surface area contributed by atoms with E-state index in [1.54, 1.807) is 34.6 Å². The van der Waals surface area contributed by atoms with Crippen molar-refractivity contribution in [3.8, 4) is 11.1 Å². The third kappa shape index (κ3) is 10.5. The molecule has 2 aromatic carbocycles. The summed E-state index contributed by atoms with van der Waals surface area (Å²) in [6, 6.07) is 12.4. The van der Waals surface area contributed by atoms with Crippen LogP contribution in [0.1, 0.15) is 71.4 Å². The number of esters is 2. The molecule has 0 aromatic heterocycles. The van der Waals surface area contributed by atoms with E-state index >= 15 is 0 Å². The normalized spacial score (nSPS) is 14.1. The number of alkyl carbamates (subject to hydrolysis) is 1. The number of fused-ring (bicyclic) bond motifs is 3. The van der Waals surface area contributed by atoms with Gasteiger partial charge in [0.25, 0.3) is 5.91 Å². The molecule has 2 aromatic rings. The molecule has 1 aliphatic carbocycles. The minimum absolute atomic E-state index is 0.0642. The van der Waals surface area contributed by atoms with E-state index < -0.39 is 66.1 Å². The van der Waals surface area contributed by atoms with Crippen LogP contribution in [-0.2, 0) is 38.2 Å². The summed E-state index contributed by atoms with van der Waals surface area (Å²) in [5, 5.41) is 7.38. The molecule has 3 rings (SSSR count). The van der Waals surface area contributed by atoms with Crippen LogP contribution >= 0.6 is 0 Å². The lowest BCUT2D eigenvalue weighted by Gasteiger charge is -2.24. The van der Waals surface area contributed by atoms with Gasteiger partial charge in [-0.3, -0.25) is 19.2 Å². The first-order chi connectivity index (χ1) is 22.1. The van der Waals surface area contributed by atoms with Crippen LogP contribution in [0.15, 0.2) is 48.5 Å². The van der Waals surface area contributed by atoms with Crippen LogP contribution in [0.4, 0.5) is 4.79 Å². The molecule has 0 saturated heterocycles. The highest BCUT2D eigenvalue weighted by Gasteiger charge is 2.32. The molecule has 0 saturated carbocycles. The third-order valence-corrected chi connectivity index (χ3v) is 7.36. The Bertz CT molecular complexity index is 1440. The topological polar surface area (TPSA) is 192 Å². The maximum atomic E-state index is 13.0. The van der Waals surface area contributed by atoms with Crippen LogP contribution < -0.4 is 21.7 Å². The molecule has 3 atom stereocenters. The van der Waals surface area contributed by atoms with Gasteiger partial charge in [0.1, 0.15) is 30.3 Å². The van der Waals surface area contributed by atoms with E-state index in [0.717, 1.165) is 22.3 Å². The lowest BCUT2D eigenvalue weighted by molar-refractivity contribution is -0.155. The summed E-state index contributed by atoms with van der Waals surface area (Å²) < 4.78 is 15.7. The zero-order chi connectivity index (χ0) is 34.9. The maximum Gasteiger partial charge on any atom is 0.407 e. The second-order valence-corrected chi connectivity index (χ2v) is 12.7. The highest BCUT2D eigenvalue weighted by molar-refractivity contribution is 5.91. The molecule has 5 N–H and O–H groups in total. The van der Waals surface area contributed by atoms with Gasteiger partial charge in [-0.2, -0.15) is 0 Å². The Kier molecular flexibility index (Phi) is 12.5. The van der Waals surface area contributed by atoms with E-state index in [1.807, 2.05) is 48.5 Å². The molecule has 4 amide bonds. The van der Waals surface area contributed by atoms with Crippen LogP contribution in [0.25, 0.3) is 11.1 Å². The Labute approximate surface area is 274 Å². The predicted molar refractivity (Wildman–Crippen MR) is 172 cm³/mol. The summed E-state index contributed by atoms with van der Waals surface area (Å²) in [5.41, 5.74) is 8.88. The summed E-state index contributed by atoms with van der Waals surface area (Å²) in [7, 11) is 0. The molecule has 0 unspecified atom stereocenters. The van der Waals surface area contributed by atoms with Crippen molar-refractivity contribution in [3.63, 3.8) is 0 Å². The number of hydrogen-bond donors (Lipinski definition) is 4. The quantitative estimate of drug-likeness (QED) is 0.175. The van der Waals surface area contributed by atoms with Crippen molar-refractivity contribution < 1.29 is 43.0 Å². The van der Waals surface area contributed by atoms with Crippen molar-refractivity contribution in [1.29, 1.82) is 0 Å². The van der Waals surface area contributed by atoms with E-state index in [0.29, 0.717) is 0 Å². The van der Waals surface area contributed by atoms with Crippen molar-refractivity contribution in [2.45, 2.75) is 84.0 Å². The maximum absolute atomic E-state index is 13.0. The van der Waals surface area contributed by atoms with Gasteiger partial charge >= 0.3 is 18.0 Å². The standard InChI is InChI=1S/C34H44N4O9/c1-19(2)29(38-33(44)46-17-25-23-13-9-7-11-21(23)22-12-8-10-14-24(22)25)31(42)36-20(3)32(43)45-18-27(39)37-26(30(35)41)15-16-28(40)47-34(4,5)6/h7-14,19-20,25-26,29H,15-18H2,1-6H3,(H2,35,41)(H,36,42)(H,37,39)(H,38,44)/t20-,26-,29-/m0/s1. The van der Waals surface area contributed by atoms with Crippen LogP contribution in [0.5, 0.6) is 0 Å². The highest BCUT2D eigenvalue weighted by Crippen LogP contribution is 2.44. The summed E-state index contributed by atoms with van der Waals surface area (Å²) in [5.74, 6) is -4.38. The average Bonchev–Trinajstić information content (AvgIpc) is 3.31. The number of primary amides is 1. The van der Waals surface area contributed by atoms with Crippen molar-refractivity contribution in [1.82, 2.24) is 16.0 Å². The molecule has 0 bridgehead atoms. The van der Waals surface area contributed by atoms with Crippen LogP contribution in [0.3, 0.4) is 0 Å². The smallest absolute Gasteiger partial charge is 0.407 e. The molecule has 0 spiro atoms. The second kappa shape index (κ2) is 16.1. The van der Waals surface area contributed by atoms with E-state index in [9.17, 15) is 28.8 Å². The average molecular weight is 653 g/mol. The summed E-state index contributed by atoms with van der Waals surface area (Å²) in [6.07, 6.45) is -1.07. The fraction of sp³-hybridized carbons (Fsp3) is 0.471. The Hall–Kier alpha value is -4.94. The first kappa shape index (κ1) is 36.5. The summed E-state index contributed by atoms with van der Waals surface area (Å²) >= 11 is 0. The molecule has 0 aliphatic heterocycles. The summed E-state index contributed by atoms with van der Waals surface area (Å²) in [4.78, 5) is 74.4. The van der Waals surface area contributed by atoms with Crippen molar-refractivity contribution >= 4 is 35.8 Å². The van der Waals surface area contributed by atoms with Gasteiger partial charge in [-0.15, -0.1) is 0 Å². The molecule has 0 heterocycles. The number of carbonyl (C=O) groups is 6. The fourth-order valence-corrected chi connectivity index (χ4v) is 5.10. The lowest BCUT2D eigenvalue weighted by atomic mass is 9.98. The van der Waals surface area contributed by atoms with Gasteiger partial charge in [0, 0.05) is 12.3 Å². The highest BCUT2D eigenvalue weighted by atomic mass is 16.6. The molecule has 0 fully saturated rings. The zero-order valence-corrected chi connectivity index (χ0v) is 27.6. The van der Waals surface area contributed by atoms with Gasteiger partial charge in [-0.1, -0.05) is 62.4 Å². The molecule has 47 heavy (non-hydrogen) atoms. The lowest BCUT2D eigenvalue weighted by Crippen LogP contribution is -2.53. The van der Waals surface area contributed by atoms with Gasteiger partial charge in [0.2, 0.25) is 11.8 Å². The van der Waals surface area contributed by atoms with Crippen LogP contribution in [0, 0.1) is 5.92 Å². The molecule has 0 radical (unpaired) electrons. The summed E-state index contributed by atoms with van der Waals surface area (Å²) in [6.45, 7) is 9.18. The SMILES string of the molecule is CC(C)[C@H](NC(=O)OCC1c2ccccc2-c2ccccc21)C(=O)N[C@@H](C)C(=O)OCC(=O)N[C@@H](CCC(=O)OC(C)(C)C)C(N)=O. The Balaban J connectivity index is 1.47. The number of nitrogens with two attached hydrogens (primary N) is 1. The predicted octanol–water partition coefficient (Wildman–Crippen LogP) is 2.69. The Morgan fingerprint density at radius 3 is 1.94 bits per heavy atom. The van der Waals surface area contributed by atoms with Crippen molar-refractivity contribution in [2.75, 3.05) is 13.2 Å². The number of nitrogens with one attached hydrogen (secondary N) is 3. The van der Waals surface area contributed by atoms with E-state index in [2.05, 4.69) is 16.0 Å². The monoisotopic (exact) mass is 652 g/mol. The van der Waals surface area contributed by atoms with E-state index in [1.165, 1.54) is 6.92 Å².